The quantitative estimate of drug-likeness (QED) is 0.624. The molecule has 12 heteroatoms. The summed E-state index contributed by atoms with van der Waals surface area (Å²) in [6.07, 6.45) is 3.88. The van der Waals surface area contributed by atoms with Crippen LogP contribution in [0.25, 0.3) is 0 Å². The largest absolute Gasteiger partial charge is 0.350 e. The summed E-state index contributed by atoms with van der Waals surface area (Å²) in [6.45, 7) is 6.58. The van der Waals surface area contributed by atoms with E-state index in [2.05, 4.69) is 20.8 Å². The van der Waals surface area contributed by atoms with Crippen molar-refractivity contribution in [2.45, 2.75) is 38.5 Å². The number of rotatable bonds is 7. The van der Waals surface area contributed by atoms with Gasteiger partial charge in [-0.25, -0.2) is 8.42 Å². The molecule has 176 valence electrons. The van der Waals surface area contributed by atoms with Crippen molar-refractivity contribution < 1.29 is 18.0 Å². The molecule has 0 spiro atoms. The lowest BCUT2D eigenvalue weighted by Crippen LogP contribution is -2.44. The van der Waals surface area contributed by atoms with Crippen LogP contribution in [-0.4, -0.2) is 63.7 Å². The second-order valence-corrected chi connectivity index (χ2v) is 10.4. The Bertz CT molecular complexity index is 1100. The molecule has 1 atom stereocenters. The second kappa shape index (κ2) is 9.41. The molecule has 1 aliphatic heterocycles. The summed E-state index contributed by atoms with van der Waals surface area (Å²) in [5.74, 6) is -0.918. The maximum Gasteiger partial charge on any atom is 0.271 e. The monoisotopic (exact) mass is 465 g/mol. The summed E-state index contributed by atoms with van der Waals surface area (Å²) in [7, 11) is -0.441. The zero-order valence-corrected chi connectivity index (χ0v) is 19.9. The Balaban J connectivity index is 1.73. The highest BCUT2D eigenvalue weighted by Crippen LogP contribution is 2.26. The van der Waals surface area contributed by atoms with Crippen molar-refractivity contribution in [2.75, 3.05) is 25.0 Å². The fraction of sp³-hybridized carbons (Fsp3) is 0.600. The molecule has 3 rings (SSSR count). The topological polar surface area (TPSA) is 131 Å². The van der Waals surface area contributed by atoms with Crippen molar-refractivity contribution in [1.82, 2.24) is 29.2 Å². The molecule has 2 amide bonds. The molecule has 0 saturated carbocycles. The minimum atomic E-state index is -3.75. The van der Waals surface area contributed by atoms with Crippen molar-refractivity contribution in [3.63, 3.8) is 0 Å². The van der Waals surface area contributed by atoms with E-state index >= 15 is 0 Å². The zero-order chi connectivity index (χ0) is 23.6. The minimum absolute atomic E-state index is 0.0671. The molecule has 3 heterocycles. The number of nitrogens with zero attached hydrogens (tertiary/aromatic N) is 5. The van der Waals surface area contributed by atoms with Crippen LogP contribution >= 0.6 is 0 Å². The van der Waals surface area contributed by atoms with E-state index in [9.17, 15) is 18.0 Å². The van der Waals surface area contributed by atoms with E-state index in [1.54, 1.807) is 21.0 Å². The van der Waals surface area contributed by atoms with Gasteiger partial charge in [0.25, 0.3) is 5.91 Å². The Hall–Kier alpha value is -2.73. The molecule has 1 fully saturated rings. The maximum atomic E-state index is 13.1. The number of amides is 2. The predicted octanol–water partition coefficient (Wildman–Crippen LogP) is 0.887. The summed E-state index contributed by atoms with van der Waals surface area (Å²) in [4.78, 5) is 25.7. The van der Waals surface area contributed by atoms with E-state index in [1.165, 1.54) is 26.1 Å². The minimum Gasteiger partial charge on any atom is -0.350 e. The van der Waals surface area contributed by atoms with Crippen LogP contribution < -0.4 is 10.6 Å². The molecule has 32 heavy (non-hydrogen) atoms. The number of hydrogen-bond donors (Lipinski definition) is 2. The number of nitrogens with one attached hydrogen (secondary N) is 2. The molecule has 0 bridgehead atoms. The molecule has 2 aromatic heterocycles. The number of carbonyl (C=O) groups is 2. The van der Waals surface area contributed by atoms with E-state index in [0.29, 0.717) is 37.3 Å². The Labute approximate surface area is 188 Å². The molecule has 0 aliphatic carbocycles. The highest BCUT2D eigenvalue weighted by molar-refractivity contribution is 7.89. The number of hydrogen-bond acceptors (Lipinski definition) is 6. The van der Waals surface area contributed by atoms with Crippen LogP contribution in [0.5, 0.6) is 0 Å². The first kappa shape index (κ1) is 23.9. The van der Waals surface area contributed by atoms with Crippen molar-refractivity contribution in [2.24, 2.45) is 25.9 Å². The van der Waals surface area contributed by atoms with Gasteiger partial charge in [0.15, 0.2) is 0 Å². The smallest absolute Gasteiger partial charge is 0.271 e. The van der Waals surface area contributed by atoms with Crippen molar-refractivity contribution in [1.29, 1.82) is 0 Å². The number of aromatic nitrogens is 4. The van der Waals surface area contributed by atoms with Crippen LogP contribution in [0.15, 0.2) is 17.3 Å². The van der Waals surface area contributed by atoms with Gasteiger partial charge in [-0.05, 0) is 25.7 Å². The Kier molecular flexibility index (Phi) is 7.03. The van der Waals surface area contributed by atoms with Crippen molar-refractivity contribution in [3.05, 3.63) is 23.8 Å². The molecule has 0 aromatic carbocycles. The molecule has 0 radical (unpaired) electrons. The van der Waals surface area contributed by atoms with Gasteiger partial charge in [-0.15, -0.1) is 0 Å². The fourth-order valence-corrected chi connectivity index (χ4v) is 5.37. The van der Waals surface area contributed by atoms with Gasteiger partial charge in [0.1, 0.15) is 10.6 Å². The lowest BCUT2D eigenvalue weighted by atomic mass is 9.98. The highest BCUT2D eigenvalue weighted by atomic mass is 32.2. The van der Waals surface area contributed by atoms with Gasteiger partial charge in [-0.2, -0.15) is 14.5 Å². The summed E-state index contributed by atoms with van der Waals surface area (Å²) in [5, 5.41) is 13.7. The first-order chi connectivity index (χ1) is 15.0. The zero-order valence-electron chi connectivity index (χ0n) is 19.1. The van der Waals surface area contributed by atoms with E-state index < -0.39 is 15.9 Å². The second-order valence-electron chi connectivity index (χ2n) is 8.54. The Morgan fingerprint density at radius 2 is 1.88 bits per heavy atom. The van der Waals surface area contributed by atoms with Gasteiger partial charge in [0, 0.05) is 33.7 Å². The number of carbonyl (C=O) groups excluding carboxylic acids is 2. The fourth-order valence-electron chi connectivity index (χ4n) is 3.66. The molecule has 2 aromatic rings. The van der Waals surface area contributed by atoms with Crippen LogP contribution in [-0.2, 0) is 28.9 Å². The lowest BCUT2D eigenvalue weighted by molar-refractivity contribution is -0.120. The van der Waals surface area contributed by atoms with Crippen LogP contribution in [0.4, 0.5) is 5.69 Å². The Morgan fingerprint density at radius 1 is 1.19 bits per heavy atom. The Morgan fingerprint density at radius 3 is 2.50 bits per heavy atom. The summed E-state index contributed by atoms with van der Waals surface area (Å²) in [6, 6.07) is 0. The third-order valence-electron chi connectivity index (χ3n) is 5.65. The van der Waals surface area contributed by atoms with E-state index in [4.69, 9.17) is 0 Å². The maximum absolute atomic E-state index is 13.1. The molecule has 1 unspecified atom stereocenters. The third kappa shape index (κ3) is 4.85. The number of piperidine rings is 1. The third-order valence-corrected chi connectivity index (χ3v) is 7.61. The van der Waals surface area contributed by atoms with E-state index in [0.717, 1.165) is 0 Å². The first-order valence-electron chi connectivity index (χ1n) is 10.6. The SMILES string of the molecule is Cc1c(S(=O)(=O)N2CCCC(C(=O)Nc3cnn(C)c3C(=O)NCC(C)C)C2)cnn1C. The molecule has 11 nitrogen and oxygen atoms in total. The average Bonchev–Trinajstić information content (AvgIpc) is 3.28. The first-order valence-corrected chi connectivity index (χ1v) is 12.1. The van der Waals surface area contributed by atoms with Gasteiger partial charge >= 0.3 is 0 Å². The van der Waals surface area contributed by atoms with Gasteiger partial charge in [0.05, 0.1) is 29.7 Å². The number of sulfonamides is 1. The van der Waals surface area contributed by atoms with E-state index in [-0.39, 0.29) is 34.9 Å². The van der Waals surface area contributed by atoms with Crippen LogP contribution in [0.1, 0.15) is 42.9 Å². The van der Waals surface area contributed by atoms with E-state index in [1.807, 2.05) is 13.8 Å². The number of aryl methyl sites for hydroxylation is 2. The van der Waals surface area contributed by atoms with Crippen molar-refractivity contribution >= 4 is 27.5 Å². The molecule has 1 saturated heterocycles. The summed E-state index contributed by atoms with van der Waals surface area (Å²) in [5.41, 5.74) is 1.11. The highest BCUT2D eigenvalue weighted by Gasteiger charge is 2.35. The standard InChI is InChI=1S/C20H31N7O4S/c1-13(2)9-21-20(29)18-16(10-22-26(18)5)24-19(28)15-7-6-8-27(12-15)32(30,31)17-11-23-25(4)14(17)3/h10-11,13,15H,6-9,12H2,1-5H3,(H,21,29)(H,24,28). The predicted molar refractivity (Wildman–Crippen MR) is 118 cm³/mol. The molecule has 2 N–H and O–H groups in total. The molecule has 1 aliphatic rings. The van der Waals surface area contributed by atoms with Crippen LogP contribution in [0, 0.1) is 18.8 Å². The van der Waals surface area contributed by atoms with Gasteiger partial charge < -0.3 is 10.6 Å². The lowest BCUT2D eigenvalue weighted by Gasteiger charge is -2.31. The average molecular weight is 466 g/mol. The van der Waals surface area contributed by atoms with Crippen LogP contribution in [0.3, 0.4) is 0 Å². The summed E-state index contributed by atoms with van der Waals surface area (Å²) < 4.78 is 30.4. The summed E-state index contributed by atoms with van der Waals surface area (Å²) >= 11 is 0. The van der Waals surface area contributed by atoms with Gasteiger partial charge in [-0.3, -0.25) is 19.0 Å². The molecular formula is C20H31N7O4S. The van der Waals surface area contributed by atoms with Crippen molar-refractivity contribution in [3.8, 4) is 0 Å². The van der Waals surface area contributed by atoms with Crippen LogP contribution in [0.2, 0.25) is 0 Å². The molecular weight excluding hydrogens is 434 g/mol. The van der Waals surface area contributed by atoms with Gasteiger partial charge in [-0.1, -0.05) is 13.8 Å². The normalized spacial score (nSPS) is 17.5. The van der Waals surface area contributed by atoms with Gasteiger partial charge in [0.2, 0.25) is 15.9 Å². The number of anilines is 1.